The molecule has 23 heavy (non-hydrogen) atoms. The van der Waals surface area contributed by atoms with Crippen molar-refractivity contribution in [2.75, 3.05) is 27.5 Å². The van der Waals surface area contributed by atoms with Crippen molar-refractivity contribution < 1.29 is 27.4 Å². The number of benzene rings is 1. The predicted octanol–water partition coefficient (Wildman–Crippen LogP) is 2.15. The van der Waals surface area contributed by atoms with Crippen LogP contribution in [-0.2, 0) is 18.5 Å². The molecule has 0 bridgehead atoms. The molecule has 2 N–H and O–H groups in total. The SMILES string of the molecule is COc1c2c(c(C(C)(N)C(F)(F)F)c3c1OCO3)CCN(C)C2. The summed E-state index contributed by atoms with van der Waals surface area (Å²) < 4.78 is 56.8. The highest BCUT2D eigenvalue weighted by molar-refractivity contribution is 5.67. The maximum Gasteiger partial charge on any atom is 0.410 e. The van der Waals surface area contributed by atoms with Crippen molar-refractivity contribution in [1.82, 2.24) is 4.90 Å². The van der Waals surface area contributed by atoms with Crippen LogP contribution in [0.15, 0.2) is 0 Å². The smallest absolute Gasteiger partial charge is 0.410 e. The van der Waals surface area contributed by atoms with Crippen molar-refractivity contribution in [3.63, 3.8) is 0 Å². The van der Waals surface area contributed by atoms with Crippen LogP contribution in [0, 0.1) is 0 Å². The lowest BCUT2D eigenvalue weighted by atomic mass is 9.82. The van der Waals surface area contributed by atoms with Gasteiger partial charge in [-0.2, -0.15) is 13.2 Å². The zero-order valence-corrected chi connectivity index (χ0v) is 13.2. The summed E-state index contributed by atoms with van der Waals surface area (Å²) in [5.41, 5.74) is 4.38. The molecule has 2 heterocycles. The largest absolute Gasteiger partial charge is 0.492 e. The molecule has 8 heteroatoms. The molecule has 1 aromatic rings. The number of fused-ring (bicyclic) bond motifs is 2. The van der Waals surface area contributed by atoms with Gasteiger partial charge in [0.1, 0.15) is 5.54 Å². The Bertz CT molecular complexity index is 644. The number of ether oxygens (including phenoxy) is 3. The third-order valence-electron chi connectivity index (χ3n) is 4.47. The molecule has 1 atom stereocenters. The van der Waals surface area contributed by atoms with E-state index in [9.17, 15) is 13.2 Å². The van der Waals surface area contributed by atoms with Crippen LogP contribution in [0.25, 0.3) is 0 Å². The number of likely N-dealkylation sites (N-methyl/N-ethyl adjacent to an activating group) is 1. The molecule has 0 spiro atoms. The van der Waals surface area contributed by atoms with Crippen LogP contribution < -0.4 is 19.9 Å². The lowest BCUT2D eigenvalue weighted by molar-refractivity contribution is -0.184. The van der Waals surface area contributed by atoms with E-state index in [-0.39, 0.29) is 23.9 Å². The summed E-state index contributed by atoms with van der Waals surface area (Å²) in [4.78, 5) is 2.01. The third kappa shape index (κ3) is 2.31. The highest BCUT2D eigenvalue weighted by Crippen LogP contribution is 2.54. The maximum atomic E-state index is 13.6. The summed E-state index contributed by atoms with van der Waals surface area (Å²) >= 11 is 0. The lowest BCUT2D eigenvalue weighted by Gasteiger charge is -2.35. The Kier molecular flexibility index (Phi) is 3.64. The summed E-state index contributed by atoms with van der Waals surface area (Å²) in [7, 11) is 3.37. The third-order valence-corrected chi connectivity index (χ3v) is 4.47. The first-order valence-electron chi connectivity index (χ1n) is 7.24. The lowest BCUT2D eigenvalue weighted by Crippen LogP contribution is -2.49. The Morgan fingerprint density at radius 2 is 1.83 bits per heavy atom. The van der Waals surface area contributed by atoms with Crippen molar-refractivity contribution in [2.45, 2.75) is 31.6 Å². The van der Waals surface area contributed by atoms with E-state index in [4.69, 9.17) is 19.9 Å². The Hall–Kier alpha value is -1.67. The van der Waals surface area contributed by atoms with E-state index >= 15 is 0 Å². The number of nitrogens with zero attached hydrogens (tertiary/aromatic N) is 1. The van der Waals surface area contributed by atoms with Crippen molar-refractivity contribution in [2.24, 2.45) is 5.73 Å². The first-order valence-corrected chi connectivity index (χ1v) is 7.24. The summed E-state index contributed by atoms with van der Waals surface area (Å²) in [6, 6.07) is 0. The van der Waals surface area contributed by atoms with Crippen molar-refractivity contribution in [3.8, 4) is 17.2 Å². The number of methoxy groups -OCH3 is 1. The molecule has 0 saturated heterocycles. The second-order valence-electron chi connectivity index (χ2n) is 6.12. The molecule has 0 radical (unpaired) electrons. The molecule has 2 aliphatic heterocycles. The first kappa shape index (κ1) is 16.2. The molecule has 5 nitrogen and oxygen atoms in total. The fourth-order valence-electron chi connectivity index (χ4n) is 3.20. The summed E-state index contributed by atoms with van der Waals surface area (Å²) in [5, 5.41) is 0. The fraction of sp³-hybridized carbons (Fsp3) is 0.600. The van der Waals surface area contributed by atoms with E-state index in [1.54, 1.807) is 0 Å². The summed E-state index contributed by atoms with van der Waals surface area (Å²) in [6.07, 6.45) is -4.17. The van der Waals surface area contributed by atoms with E-state index in [1.165, 1.54) is 7.11 Å². The Morgan fingerprint density at radius 1 is 1.17 bits per heavy atom. The topological polar surface area (TPSA) is 57.0 Å². The number of nitrogens with two attached hydrogens (primary N) is 1. The molecule has 0 aliphatic carbocycles. The van der Waals surface area contributed by atoms with Crippen LogP contribution in [0.4, 0.5) is 13.2 Å². The maximum absolute atomic E-state index is 13.6. The van der Waals surface area contributed by atoms with Gasteiger partial charge in [0.2, 0.25) is 12.5 Å². The molecule has 128 valence electrons. The molecular weight excluding hydrogens is 313 g/mol. The minimum atomic E-state index is -4.61. The summed E-state index contributed by atoms with van der Waals surface area (Å²) in [6.45, 7) is 1.92. The normalized spacial score (nSPS) is 20.1. The minimum Gasteiger partial charge on any atom is -0.492 e. The zero-order chi connectivity index (χ0) is 17.0. The van der Waals surface area contributed by atoms with Gasteiger partial charge in [-0.05, 0) is 26.0 Å². The van der Waals surface area contributed by atoms with Gasteiger partial charge in [-0.1, -0.05) is 0 Å². The molecular formula is C15H19F3N2O3. The van der Waals surface area contributed by atoms with Crippen LogP contribution in [0.5, 0.6) is 17.2 Å². The van der Waals surface area contributed by atoms with E-state index in [0.717, 1.165) is 6.92 Å². The number of alkyl halides is 3. The average Bonchev–Trinajstić information content (AvgIpc) is 2.91. The standard InChI is InChI=1S/C15H19F3N2O3/c1-14(19,15(16,17)18)10-8-4-5-20(2)6-9(8)11(21-3)13-12(10)22-7-23-13/h4-7,19H2,1-3H3. The number of halogens is 3. The fourth-order valence-corrected chi connectivity index (χ4v) is 3.20. The molecule has 0 saturated carbocycles. The zero-order valence-electron chi connectivity index (χ0n) is 13.2. The van der Waals surface area contributed by atoms with E-state index < -0.39 is 11.7 Å². The van der Waals surface area contributed by atoms with E-state index in [1.807, 2.05) is 11.9 Å². The summed E-state index contributed by atoms with van der Waals surface area (Å²) in [5.74, 6) is 0.686. The number of hydrogen-bond donors (Lipinski definition) is 1. The molecule has 2 aliphatic rings. The van der Waals surface area contributed by atoms with Gasteiger partial charge >= 0.3 is 6.18 Å². The minimum absolute atomic E-state index is 0.0404. The Balaban J connectivity index is 2.33. The van der Waals surface area contributed by atoms with Crippen LogP contribution in [0.1, 0.15) is 23.6 Å². The van der Waals surface area contributed by atoms with E-state index in [0.29, 0.717) is 36.4 Å². The van der Waals surface area contributed by atoms with Crippen molar-refractivity contribution >= 4 is 0 Å². The second kappa shape index (κ2) is 5.17. The second-order valence-corrected chi connectivity index (χ2v) is 6.12. The predicted molar refractivity (Wildman–Crippen MR) is 76.7 cm³/mol. The van der Waals surface area contributed by atoms with E-state index in [2.05, 4.69) is 0 Å². The first-order chi connectivity index (χ1) is 10.7. The van der Waals surface area contributed by atoms with Gasteiger partial charge < -0.3 is 24.8 Å². The monoisotopic (exact) mass is 332 g/mol. The van der Waals surface area contributed by atoms with Gasteiger partial charge in [0.05, 0.1) is 7.11 Å². The van der Waals surface area contributed by atoms with Gasteiger partial charge in [-0.3, -0.25) is 0 Å². The average molecular weight is 332 g/mol. The van der Waals surface area contributed by atoms with Crippen molar-refractivity contribution in [3.05, 3.63) is 16.7 Å². The molecule has 1 unspecified atom stereocenters. The van der Waals surface area contributed by atoms with Gasteiger partial charge in [0, 0.05) is 24.2 Å². The number of rotatable bonds is 2. The molecule has 3 rings (SSSR count). The van der Waals surface area contributed by atoms with Crippen LogP contribution in [0.2, 0.25) is 0 Å². The van der Waals surface area contributed by atoms with Gasteiger partial charge in [0.25, 0.3) is 0 Å². The molecule has 0 aromatic heterocycles. The van der Waals surface area contributed by atoms with Gasteiger partial charge in [-0.15, -0.1) is 0 Å². The van der Waals surface area contributed by atoms with Crippen LogP contribution in [0.3, 0.4) is 0 Å². The van der Waals surface area contributed by atoms with Gasteiger partial charge in [-0.25, -0.2) is 0 Å². The Morgan fingerprint density at radius 3 is 2.43 bits per heavy atom. The Labute approximate surface area is 132 Å². The van der Waals surface area contributed by atoms with Crippen LogP contribution in [-0.4, -0.2) is 38.6 Å². The molecule has 0 fully saturated rings. The number of hydrogen-bond acceptors (Lipinski definition) is 5. The highest BCUT2D eigenvalue weighted by atomic mass is 19.4. The molecule has 1 aromatic carbocycles. The highest BCUT2D eigenvalue weighted by Gasteiger charge is 2.54. The molecule has 0 amide bonds. The van der Waals surface area contributed by atoms with Gasteiger partial charge in [0.15, 0.2) is 11.5 Å². The quantitative estimate of drug-likeness (QED) is 0.899. The van der Waals surface area contributed by atoms with Crippen LogP contribution >= 0.6 is 0 Å². The van der Waals surface area contributed by atoms with Crippen molar-refractivity contribution in [1.29, 1.82) is 0 Å².